The summed E-state index contributed by atoms with van der Waals surface area (Å²) in [5.41, 5.74) is 1.62. The maximum absolute atomic E-state index is 12.5. The smallest absolute Gasteiger partial charge is 0.322 e. The summed E-state index contributed by atoms with van der Waals surface area (Å²) in [7, 11) is 1.33. The van der Waals surface area contributed by atoms with E-state index in [4.69, 9.17) is 11.6 Å². The van der Waals surface area contributed by atoms with Crippen molar-refractivity contribution >= 4 is 29.3 Å². The Labute approximate surface area is 146 Å². The number of urea groups is 1. The highest BCUT2D eigenvalue weighted by Crippen LogP contribution is 2.13. The maximum Gasteiger partial charge on any atom is 0.322 e. The van der Waals surface area contributed by atoms with Crippen molar-refractivity contribution in [3.8, 4) is 0 Å². The van der Waals surface area contributed by atoms with Crippen LogP contribution in [0.3, 0.4) is 0 Å². The number of esters is 1. The molecule has 0 heterocycles. The topological polar surface area (TPSA) is 58.6 Å². The number of amides is 2. The number of methoxy groups -OCH3 is 1. The molecule has 6 heteroatoms. The van der Waals surface area contributed by atoms with Gasteiger partial charge in [-0.3, -0.25) is 4.79 Å². The van der Waals surface area contributed by atoms with Gasteiger partial charge in [-0.05, 0) is 29.8 Å². The van der Waals surface area contributed by atoms with Gasteiger partial charge in [0.1, 0.15) is 0 Å². The number of benzene rings is 2. The molecule has 0 aromatic heterocycles. The lowest BCUT2D eigenvalue weighted by atomic mass is 10.2. The van der Waals surface area contributed by atoms with Crippen molar-refractivity contribution in [2.24, 2.45) is 0 Å². The van der Waals surface area contributed by atoms with Gasteiger partial charge in [-0.2, -0.15) is 0 Å². The van der Waals surface area contributed by atoms with E-state index in [0.29, 0.717) is 17.3 Å². The molecular formula is C18H19ClN2O3. The van der Waals surface area contributed by atoms with E-state index in [0.717, 1.165) is 5.56 Å². The minimum atomic E-state index is -0.358. The van der Waals surface area contributed by atoms with Gasteiger partial charge in [0.15, 0.2) is 0 Å². The normalized spacial score (nSPS) is 10.1. The number of ether oxygens (including phenoxy) is 1. The number of halogens is 1. The first-order valence-electron chi connectivity index (χ1n) is 7.50. The molecule has 24 heavy (non-hydrogen) atoms. The van der Waals surface area contributed by atoms with Gasteiger partial charge in [0, 0.05) is 23.8 Å². The maximum atomic E-state index is 12.5. The predicted molar refractivity (Wildman–Crippen MR) is 94.0 cm³/mol. The molecule has 0 fully saturated rings. The minimum Gasteiger partial charge on any atom is -0.469 e. The second-order valence-corrected chi connectivity index (χ2v) is 5.61. The Balaban J connectivity index is 2.07. The molecule has 0 bridgehead atoms. The van der Waals surface area contributed by atoms with Crippen molar-refractivity contribution in [2.45, 2.75) is 13.0 Å². The molecule has 0 spiro atoms. The molecule has 0 aliphatic carbocycles. The summed E-state index contributed by atoms with van der Waals surface area (Å²) < 4.78 is 4.65. The van der Waals surface area contributed by atoms with Crippen molar-refractivity contribution in [3.05, 3.63) is 65.2 Å². The van der Waals surface area contributed by atoms with Crippen LogP contribution in [0.2, 0.25) is 5.02 Å². The molecular weight excluding hydrogens is 328 g/mol. The summed E-state index contributed by atoms with van der Waals surface area (Å²) in [5.74, 6) is -0.358. The van der Waals surface area contributed by atoms with Crippen molar-refractivity contribution < 1.29 is 14.3 Å². The molecule has 126 valence electrons. The van der Waals surface area contributed by atoms with Gasteiger partial charge in [0.2, 0.25) is 0 Å². The lowest BCUT2D eigenvalue weighted by Crippen LogP contribution is -2.36. The van der Waals surface area contributed by atoms with Crippen molar-refractivity contribution in [1.82, 2.24) is 4.90 Å². The number of nitrogens with one attached hydrogen (secondary N) is 1. The number of hydrogen-bond acceptors (Lipinski definition) is 3. The lowest BCUT2D eigenvalue weighted by Gasteiger charge is -2.23. The van der Waals surface area contributed by atoms with Crippen LogP contribution in [0.15, 0.2) is 54.6 Å². The van der Waals surface area contributed by atoms with Gasteiger partial charge >= 0.3 is 12.0 Å². The average Bonchev–Trinajstić information content (AvgIpc) is 2.60. The SMILES string of the molecule is COC(=O)CCN(Cc1ccc(Cl)cc1)C(=O)Nc1ccccc1. The zero-order valence-electron chi connectivity index (χ0n) is 13.4. The zero-order valence-corrected chi connectivity index (χ0v) is 14.1. The number of anilines is 1. The van der Waals surface area contributed by atoms with Crippen LogP contribution in [0.25, 0.3) is 0 Å². The van der Waals surface area contributed by atoms with E-state index < -0.39 is 0 Å². The van der Waals surface area contributed by atoms with E-state index in [9.17, 15) is 9.59 Å². The van der Waals surface area contributed by atoms with Gasteiger partial charge < -0.3 is 15.0 Å². The van der Waals surface area contributed by atoms with E-state index in [2.05, 4.69) is 10.1 Å². The van der Waals surface area contributed by atoms with Gasteiger partial charge in [0.25, 0.3) is 0 Å². The zero-order chi connectivity index (χ0) is 17.4. The Morgan fingerprint density at radius 2 is 1.75 bits per heavy atom. The molecule has 2 aromatic rings. The van der Waals surface area contributed by atoms with Gasteiger partial charge in [-0.1, -0.05) is 41.9 Å². The third-order valence-corrected chi connectivity index (χ3v) is 3.66. The van der Waals surface area contributed by atoms with Crippen LogP contribution < -0.4 is 5.32 Å². The van der Waals surface area contributed by atoms with Gasteiger partial charge in [-0.15, -0.1) is 0 Å². The second kappa shape index (κ2) is 8.93. The first-order valence-corrected chi connectivity index (χ1v) is 7.88. The fourth-order valence-electron chi connectivity index (χ4n) is 2.11. The molecule has 5 nitrogen and oxygen atoms in total. The fraction of sp³-hybridized carbons (Fsp3) is 0.222. The Morgan fingerprint density at radius 1 is 1.08 bits per heavy atom. The van der Waals surface area contributed by atoms with E-state index in [1.54, 1.807) is 29.2 Å². The number of nitrogens with zero attached hydrogens (tertiary/aromatic N) is 1. The molecule has 2 amide bonds. The highest BCUT2D eigenvalue weighted by atomic mass is 35.5. The Bertz CT molecular complexity index is 674. The molecule has 0 atom stereocenters. The van der Waals surface area contributed by atoms with E-state index >= 15 is 0 Å². The van der Waals surface area contributed by atoms with Crippen LogP contribution in [-0.4, -0.2) is 30.6 Å². The summed E-state index contributed by atoms with van der Waals surface area (Å²) in [6.45, 7) is 0.626. The molecule has 2 rings (SSSR count). The summed E-state index contributed by atoms with van der Waals surface area (Å²) in [6.07, 6.45) is 0.131. The minimum absolute atomic E-state index is 0.131. The van der Waals surface area contributed by atoms with E-state index in [1.807, 2.05) is 30.3 Å². The van der Waals surface area contributed by atoms with Crippen LogP contribution in [0.1, 0.15) is 12.0 Å². The highest BCUT2D eigenvalue weighted by Gasteiger charge is 2.16. The Kier molecular flexibility index (Phi) is 6.63. The molecule has 0 aliphatic heterocycles. The van der Waals surface area contributed by atoms with Crippen molar-refractivity contribution in [3.63, 3.8) is 0 Å². The average molecular weight is 347 g/mol. The molecule has 0 unspecified atom stereocenters. The molecule has 0 saturated heterocycles. The summed E-state index contributed by atoms with van der Waals surface area (Å²) in [4.78, 5) is 25.5. The summed E-state index contributed by atoms with van der Waals surface area (Å²) in [5, 5.41) is 3.46. The first-order chi connectivity index (χ1) is 11.6. The Morgan fingerprint density at radius 3 is 2.38 bits per heavy atom. The monoisotopic (exact) mass is 346 g/mol. The third kappa shape index (κ3) is 5.59. The largest absolute Gasteiger partial charge is 0.469 e. The van der Waals surface area contributed by atoms with Crippen molar-refractivity contribution in [1.29, 1.82) is 0 Å². The summed E-state index contributed by atoms with van der Waals surface area (Å²) in [6, 6.07) is 16.1. The predicted octanol–water partition coefficient (Wildman–Crippen LogP) is 3.94. The van der Waals surface area contributed by atoms with Gasteiger partial charge in [0.05, 0.1) is 13.5 Å². The van der Waals surface area contributed by atoms with Crippen LogP contribution in [0.4, 0.5) is 10.5 Å². The van der Waals surface area contributed by atoms with Crippen molar-refractivity contribution in [2.75, 3.05) is 19.0 Å². The lowest BCUT2D eigenvalue weighted by molar-refractivity contribution is -0.140. The molecule has 2 aromatic carbocycles. The molecule has 0 aliphatic rings. The Hall–Kier alpha value is -2.53. The second-order valence-electron chi connectivity index (χ2n) is 5.17. The van der Waals surface area contributed by atoms with E-state index in [-0.39, 0.29) is 25.0 Å². The third-order valence-electron chi connectivity index (χ3n) is 3.41. The number of hydrogen-bond donors (Lipinski definition) is 1. The summed E-state index contributed by atoms with van der Waals surface area (Å²) >= 11 is 5.89. The molecule has 1 N–H and O–H groups in total. The molecule has 0 saturated carbocycles. The van der Waals surface area contributed by atoms with Crippen LogP contribution >= 0.6 is 11.6 Å². The number of carbonyl (C=O) groups excluding carboxylic acids is 2. The van der Waals surface area contributed by atoms with Gasteiger partial charge in [-0.25, -0.2) is 4.79 Å². The van der Waals surface area contributed by atoms with E-state index in [1.165, 1.54) is 7.11 Å². The van der Waals surface area contributed by atoms with Crippen LogP contribution in [0, 0.1) is 0 Å². The fourth-order valence-corrected chi connectivity index (χ4v) is 2.24. The van der Waals surface area contributed by atoms with Crippen LogP contribution in [-0.2, 0) is 16.1 Å². The highest BCUT2D eigenvalue weighted by molar-refractivity contribution is 6.30. The quantitative estimate of drug-likeness (QED) is 0.806. The number of para-hydroxylation sites is 1. The molecule has 0 radical (unpaired) electrons. The number of carbonyl (C=O) groups is 2. The number of rotatable bonds is 6. The standard InChI is InChI=1S/C18H19ClN2O3/c1-24-17(22)11-12-21(13-14-7-9-15(19)10-8-14)18(23)20-16-5-3-2-4-6-16/h2-10H,11-13H2,1H3,(H,20,23). The first kappa shape index (κ1) is 17.8. The van der Waals surface area contributed by atoms with Crippen LogP contribution in [0.5, 0.6) is 0 Å².